The van der Waals surface area contributed by atoms with Gasteiger partial charge in [0.25, 0.3) is 0 Å². The summed E-state index contributed by atoms with van der Waals surface area (Å²) in [5.41, 5.74) is 3.86. The zero-order chi connectivity index (χ0) is 14.8. The Morgan fingerprint density at radius 1 is 1.14 bits per heavy atom. The van der Waals surface area contributed by atoms with Crippen LogP contribution in [0.3, 0.4) is 0 Å². The van der Waals surface area contributed by atoms with Crippen molar-refractivity contribution in [2.45, 2.75) is 19.4 Å². The summed E-state index contributed by atoms with van der Waals surface area (Å²) in [4.78, 5) is 2.25. The first-order valence-electron chi connectivity index (χ1n) is 7.15. The first-order chi connectivity index (χ1) is 10.1. The maximum Gasteiger partial charge on any atom is 0.146 e. The van der Waals surface area contributed by atoms with Crippen LogP contribution < -0.4 is 10.2 Å². The van der Waals surface area contributed by atoms with Crippen molar-refractivity contribution >= 4 is 11.4 Å². The van der Waals surface area contributed by atoms with E-state index in [0.717, 1.165) is 37.1 Å². The van der Waals surface area contributed by atoms with Crippen LogP contribution in [0.1, 0.15) is 17.5 Å². The second kappa shape index (κ2) is 5.72. The molecule has 1 aliphatic rings. The van der Waals surface area contributed by atoms with Crippen LogP contribution in [0.4, 0.5) is 20.2 Å². The molecular formula is C17H18F2N2. The van der Waals surface area contributed by atoms with Crippen LogP contribution in [-0.2, 0) is 13.0 Å². The number of hydrogen-bond acceptors (Lipinski definition) is 2. The highest BCUT2D eigenvalue weighted by molar-refractivity contribution is 5.56. The zero-order valence-electron chi connectivity index (χ0n) is 12.0. The third kappa shape index (κ3) is 2.99. The van der Waals surface area contributed by atoms with Crippen molar-refractivity contribution in [3.63, 3.8) is 0 Å². The highest BCUT2D eigenvalue weighted by Crippen LogP contribution is 2.27. The van der Waals surface area contributed by atoms with Crippen molar-refractivity contribution in [2.75, 3.05) is 23.8 Å². The summed E-state index contributed by atoms with van der Waals surface area (Å²) >= 11 is 0. The maximum atomic E-state index is 13.6. The van der Waals surface area contributed by atoms with E-state index < -0.39 is 11.6 Å². The molecule has 4 heteroatoms. The summed E-state index contributed by atoms with van der Waals surface area (Å²) in [7, 11) is 2.10. The van der Waals surface area contributed by atoms with Crippen LogP contribution in [0, 0.1) is 11.6 Å². The van der Waals surface area contributed by atoms with Crippen molar-refractivity contribution in [3.8, 4) is 0 Å². The molecule has 0 saturated heterocycles. The van der Waals surface area contributed by atoms with Crippen LogP contribution in [0.5, 0.6) is 0 Å². The average molecular weight is 288 g/mol. The third-order valence-electron chi connectivity index (χ3n) is 3.91. The van der Waals surface area contributed by atoms with Gasteiger partial charge in [-0.1, -0.05) is 12.1 Å². The number of fused-ring (bicyclic) bond motifs is 1. The van der Waals surface area contributed by atoms with Gasteiger partial charge in [-0.25, -0.2) is 8.78 Å². The molecule has 110 valence electrons. The van der Waals surface area contributed by atoms with E-state index in [1.807, 2.05) is 6.07 Å². The predicted octanol–water partition coefficient (Wildman–Crippen LogP) is 3.96. The molecule has 3 rings (SSSR count). The molecule has 1 heterocycles. The van der Waals surface area contributed by atoms with Gasteiger partial charge in [0.15, 0.2) is 0 Å². The summed E-state index contributed by atoms with van der Waals surface area (Å²) < 4.78 is 26.7. The topological polar surface area (TPSA) is 15.3 Å². The number of anilines is 2. The second-order valence-corrected chi connectivity index (χ2v) is 5.47. The Bertz CT molecular complexity index is 655. The fraction of sp³-hybridized carbons (Fsp3) is 0.294. The quantitative estimate of drug-likeness (QED) is 0.919. The van der Waals surface area contributed by atoms with Gasteiger partial charge in [-0.2, -0.15) is 0 Å². The molecule has 0 aliphatic carbocycles. The predicted molar refractivity (Wildman–Crippen MR) is 81.7 cm³/mol. The van der Waals surface area contributed by atoms with Crippen LogP contribution in [0.25, 0.3) is 0 Å². The highest BCUT2D eigenvalue weighted by Gasteiger charge is 2.13. The van der Waals surface area contributed by atoms with Crippen molar-refractivity contribution in [1.29, 1.82) is 0 Å². The SMILES string of the molecule is CN1CCCc2cc(CNc3cc(F)ccc3F)ccc21. The number of halogens is 2. The Balaban J connectivity index is 1.75. The smallest absolute Gasteiger partial charge is 0.146 e. The Morgan fingerprint density at radius 2 is 2.00 bits per heavy atom. The molecule has 0 fully saturated rings. The van der Waals surface area contributed by atoms with Gasteiger partial charge < -0.3 is 10.2 Å². The molecule has 0 bridgehead atoms. The van der Waals surface area contributed by atoms with E-state index in [0.29, 0.717) is 6.54 Å². The number of benzene rings is 2. The Labute approximate surface area is 123 Å². The molecule has 1 aliphatic heterocycles. The summed E-state index contributed by atoms with van der Waals surface area (Å²) in [6.07, 6.45) is 2.22. The molecule has 0 unspecified atom stereocenters. The van der Waals surface area contributed by atoms with Crippen molar-refractivity contribution in [1.82, 2.24) is 0 Å². The van der Waals surface area contributed by atoms with Gasteiger partial charge in [0.2, 0.25) is 0 Å². The molecule has 21 heavy (non-hydrogen) atoms. The number of aryl methyl sites for hydroxylation is 1. The molecule has 1 N–H and O–H groups in total. The van der Waals surface area contributed by atoms with E-state index in [1.165, 1.54) is 17.3 Å². The van der Waals surface area contributed by atoms with Crippen LogP contribution in [-0.4, -0.2) is 13.6 Å². The molecule has 0 saturated carbocycles. The van der Waals surface area contributed by atoms with Gasteiger partial charge in [0.05, 0.1) is 5.69 Å². The number of nitrogens with zero attached hydrogens (tertiary/aromatic N) is 1. The minimum absolute atomic E-state index is 0.199. The minimum Gasteiger partial charge on any atom is -0.379 e. The average Bonchev–Trinajstić information content (AvgIpc) is 2.48. The van der Waals surface area contributed by atoms with Gasteiger partial charge in [0, 0.05) is 25.8 Å². The zero-order valence-corrected chi connectivity index (χ0v) is 12.0. The van der Waals surface area contributed by atoms with Gasteiger partial charge >= 0.3 is 0 Å². The molecule has 2 nitrogen and oxygen atoms in total. The largest absolute Gasteiger partial charge is 0.379 e. The lowest BCUT2D eigenvalue weighted by Gasteiger charge is -2.27. The number of nitrogens with one attached hydrogen (secondary N) is 1. The number of hydrogen-bond donors (Lipinski definition) is 1. The standard InChI is InChI=1S/C17H18F2N2/c1-21-8-2-3-13-9-12(4-7-17(13)21)11-20-16-10-14(18)5-6-15(16)19/h4-7,9-10,20H,2-3,8,11H2,1H3. The summed E-state index contributed by atoms with van der Waals surface area (Å²) in [6, 6.07) is 9.73. The summed E-state index contributed by atoms with van der Waals surface area (Å²) in [6.45, 7) is 1.57. The fourth-order valence-corrected chi connectivity index (χ4v) is 2.78. The van der Waals surface area contributed by atoms with E-state index in [2.05, 4.69) is 29.4 Å². The van der Waals surface area contributed by atoms with Gasteiger partial charge in [-0.15, -0.1) is 0 Å². The molecule has 0 aromatic heterocycles. The van der Waals surface area contributed by atoms with Gasteiger partial charge in [0.1, 0.15) is 11.6 Å². The van der Waals surface area contributed by atoms with Gasteiger partial charge in [-0.3, -0.25) is 0 Å². The highest BCUT2D eigenvalue weighted by atomic mass is 19.1. The lowest BCUT2D eigenvalue weighted by atomic mass is 9.99. The summed E-state index contributed by atoms with van der Waals surface area (Å²) in [5.74, 6) is -0.875. The van der Waals surface area contributed by atoms with E-state index in [4.69, 9.17) is 0 Å². The summed E-state index contributed by atoms with van der Waals surface area (Å²) in [5, 5.41) is 2.96. The lowest BCUT2D eigenvalue weighted by molar-refractivity contribution is 0.602. The van der Waals surface area contributed by atoms with E-state index in [9.17, 15) is 8.78 Å². The molecule has 0 amide bonds. The van der Waals surface area contributed by atoms with Crippen LogP contribution >= 0.6 is 0 Å². The molecule has 2 aromatic carbocycles. The minimum atomic E-state index is -0.439. The van der Waals surface area contributed by atoms with Crippen LogP contribution in [0.15, 0.2) is 36.4 Å². The van der Waals surface area contributed by atoms with Crippen LogP contribution in [0.2, 0.25) is 0 Å². The monoisotopic (exact) mass is 288 g/mol. The molecule has 2 aromatic rings. The lowest BCUT2D eigenvalue weighted by Crippen LogP contribution is -2.24. The fourth-order valence-electron chi connectivity index (χ4n) is 2.78. The maximum absolute atomic E-state index is 13.6. The van der Waals surface area contributed by atoms with E-state index in [-0.39, 0.29) is 5.69 Å². The Hall–Kier alpha value is -2.10. The number of rotatable bonds is 3. The molecule has 0 atom stereocenters. The first kappa shape index (κ1) is 13.9. The third-order valence-corrected chi connectivity index (χ3v) is 3.91. The Kier molecular flexibility index (Phi) is 3.78. The Morgan fingerprint density at radius 3 is 2.86 bits per heavy atom. The molecule has 0 spiro atoms. The molecular weight excluding hydrogens is 270 g/mol. The van der Waals surface area contributed by atoms with Crippen molar-refractivity contribution in [2.24, 2.45) is 0 Å². The molecule has 0 radical (unpaired) electrons. The first-order valence-corrected chi connectivity index (χ1v) is 7.15. The van der Waals surface area contributed by atoms with E-state index >= 15 is 0 Å². The van der Waals surface area contributed by atoms with Gasteiger partial charge in [-0.05, 0) is 48.2 Å². The van der Waals surface area contributed by atoms with E-state index in [1.54, 1.807) is 0 Å². The second-order valence-electron chi connectivity index (χ2n) is 5.47. The van der Waals surface area contributed by atoms with Crippen molar-refractivity contribution in [3.05, 3.63) is 59.2 Å². The van der Waals surface area contributed by atoms with Crippen molar-refractivity contribution < 1.29 is 8.78 Å². The normalized spacial score (nSPS) is 14.0.